The van der Waals surface area contributed by atoms with Crippen LogP contribution < -0.4 is 14.8 Å². The molecule has 0 amide bonds. The summed E-state index contributed by atoms with van der Waals surface area (Å²) in [5, 5.41) is 21.1. The van der Waals surface area contributed by atoms with Crippen molar-refractivity contribution in [3.05, 3.63) is 23.8 Å². The Balaban J connectivity index is 3.39. The molecule has 0 radical (unpaired) electrons. The third-order valence-electron chi connectivity index (χ3n) is 4.05. The van der Waals surface area contributed by atoms with Gasteiger partial charge in [0.15, 0.2) is 0 Å². The van der Waals surface area contributed by atoms with Gasteiger partial charge in [0.05, 0.1) is 14.2 Å². The minimum atomic E-state index is -1.71. The largest absolute Gasteiger partial charge is 0.497 e. The molecule has 0 bridgehead atoms. The van der Waals surface area contributed by atoms with Crippen molar-refractivity contribution in [1.82, 2.24) is 5.32 Å². The van der Waals surface area contributed by atoms with Crippen molar-refractivity contribution in [3.8, 4) is 11.5 Å². The van der Waals surface area contributed by atoms with Crippen molar-refractivity contribution in [2.24, 2.45) is 0 Å². The summed E-state index contributed by atoms with van der Waals surface area (Å²) in [6, 6.07) is 3.48. The maximum atomic E-state index is 11.2. The minimum absolute atomic E-state index is 0.489. The van der Waals surface area contributed by atoms with Crippen molar-refractivity contribution >= 4 is 11.9 Å². The predicted octanol–water partition coefficient (Wildman–Crippen LogP) is 1.85. The molecule has 3 N–H and O–H groups in total. The van der Waals surface area contributed by atoms with Crippen LogP contribution in [0.3, 0.4) is 0 Å². The second kappa shape index (κ2) is 7.82. The average molecular weight is 325 g/mol. The quantitative estimate of drug-likeness (QED) is 0.595. The van der Waals surface area contributed by atoms with Crippen molar-refractivity contribution in [3.63, 3.8) is 0 Å². The van der Waals surface area contributed by atoms with Gasteiger partial charge in [0, 0.05) is 17.2 Å². The molecular formula is C16H23NO6. The molecule has 128 valence electrons. The fraction of sp³-hybridized carbons (Fsp3) is 0.500. The molecule has 0 aliphatic rings. The number of carboxylic acids is 2. The van der Waals surface area contributed by atoms with Crippen molar-refractivity contribution in [1.29, 1.82) is 0 Å². The van der Waals surface area contributed by atoms with Crippen molar-refractivity contribution in [2.75, 3.05) is 14.2 Å². The Hall–Kier alpha value is -2.28. The molecular weight excluding hydrogens is 302 g/mol. The maximum absolute atomic E-state index is 11.2. The number of carboxylic acid groups (broad SMARTS) is 2. The summed E-state index contributed by atoms with van der Waals surface area (Å²) in [6.45, 7) is 3.72. The summed E-state index contributed by atoms with van der Waals surface area (Å²) >= 11 is 0. The zero-order valence-electron chi connectivity index (χ0n) is 13.8. The molecule has 7 heteroatoms. The van der Waals surface area contributed by atoms with E-state index >= 15 is 0 Å². The van der Waals surface area contributed by atoms with Crippen LogP contribution >= 0.6 is 0 Å². The van der Waals surface area contributed by atoms with E-state index in [0.29, 0.717) is 29.9 Å². The van der Waals surface area contributed by atoms with E-state index in [-0.39, 0.29) is 0 Å². The number of hydrogen-bond acceptors (Lipinski definition) is 5. The third kappa shape index (κ3) is 3.92. The summed E-state index contributed by atoms with van der Waals surface area (Å²) in [4.78, 5) is 22.5. The van der Waals surface area contributed by atoms with E-state index in [2.05, 4.69) is 5.32 Å². The summed E-state index contributed by atoms with van der Waals surface area (Å²) < 4.78 is 10.5. The van der Waals surface area contributed by atoms with Gasteiger partial charge in [0.25, 0.3) is 0 Å². The van der Waals surface area contributed by atoms with Gasteiger partial charge in [-0.05, 0) is 25.0 Å². The number of nitrogens with one attached hydrogen (secondary N) is 1. The lowest BCUT2D eigenvalue weighted by molar-refractivity contribution is -0.152. The standard InChI is InChI=1S/C16H23NO6/c1-5-16(6-2,17-13(14(18)19)15(20)21)11-8-7-10(22-3)9-12(11)23-4/h7-9,13,17H,5-6H2,1-4H3,(H,18,19)(H,20,21). The van der Waals surface area contributed by atoms with E-state index in [1.807, 2.05) is 13.8 Å². The first-order valence-corrected chi connectivity index (χ1v) is 7.31. The van der Waals surface area contributed by atoms with Crippen LogP contribution in [0.4, 0.5) is 0 Å². The van der Waals surface area contributed by atoms with Gasteiger partial charge in [-0.2, -0.15) is 0 Å². The Morgan fingerprint density at radius 1 is 1.13 bits per heavy atom. The van der Waals surface area contributed by atoms with Gasteiger partial charge < -0.3 is 19.7 Å². The molecule has 0 spiro atoms. The van der Waals surface area contributed by atoms with Gasteiger partial charge >= 0.3 is 11.9 Å². The zero-order chi connectivity index (χ0) is 17.6. The van der Waals surface area contributed by atoms with E-state index in [1.54, 1.807) is 18.2 Å². The monoisotopic (exact) mass is 325 g/mol. The topological polar surface area (TPSA) is 105 Å². The number of methoxy groups -OCH3 is 2. The highest BCUT2D eigenvalue weighted by atomic mass is 16.5. The number of carbonyl (C=O) groups is 2. The molecule has 0 aliphatic heterocycles. The Morgan fingerprint density at radius 2 is 1.70 bits per heavy atom. The van der Waals surface area contributed by atoms with Gasteiger partial charge in [-0.1, -0.05) is 13.8 Å². The smallest absolute Gasteiger partial charge is 0.332 e. The Kier molecular flexibility index (Phi) is 6.38. The summed E-state index contributed by atoms with van der Waals surface area (Å²) in [7, 11) is 3.03. The Bertz CT molecular complexity index is 554. The normalized spacial score (nSPS) is 11.3. The second-order valence-corrected chi connectivity index (χ2v) is 5.11. The zero-order valence-corrected chi connectivity index (χ0v) is 13.8. The Morgan fingerprint density at radius 3 is 2.09 bits per heavy atom. The van der Waals surface area contributed by atoms with Gasteiger partial charge in [-0.25, -0.2) is 9.59 Å². The van der Waals surface area contributed by atoms with Crippen LogP contribution in [-0.2, 0) is 15.1 Å². The fourth-order valence-electron chi connectivity index (χ4n) is 2.61. The van der Waals surface area contributed by atoms with Gasteiger partial charge in [-0.3, -0.25) is 5.32 Å². The summed E-state index contributed by atoms with van der Waals surface area (Å²) in [5.74, 6) is -1.76. The Labute approximate surface area is 135 Å². The number of rotatable bonds is 9. The number of aliphatic carboxylic acids is 2. The van der Waals surface area contributed by atoms with E-state index in [4.69, 9.17) is 19.7 Å². The average Bonchev–Trinajstić information content (AvgIpc) is 2.55. The van der Waals surface area contributed by atoms with Crippen LogP contribution in [0, 0.1) is 0 Å². The SMILES string of the molecule is CCC(CC)(NC(C(=O)O)C(=O)O)c1ccc(OC)cc1OC. The number of ether oxygens (including phenoxy) is 2. The highest BCUT2D eigenvalue weighted by Gasteiger charge is 2.38. The molecule has 0 aromatic heterocycles. The van der Waals surface area contributed by atoms with Crippen LogP contribution in [0.25, 0.3) is 0 Å². The van der Waals surface area contributed by atoms with Gasteiger partial charge in [0.1, 0.15) is 11.5 Å². The lowest BCUT2D eigenvalue weighted by atomic mass is 9.83. The predicted molar refractivity (Wildman–Crippen MR) is 84.0 cm³/mol. The first-order chi connectivity index (χ1) is 10.8. The van der Waals surface area contributed by atoms with Crippen LogP contribution in [-0.4, -0.2) is 42.4 Å². The molecule has 0 unspecified atom stereocenters. The molecule has 1 rings (SSSR count). The molecule has 0 saturated carbocycles. The molecule has 0 atom stereocenters. The lowest BCUT2D eigenvalue weighted by Gasteiger charge is -2.36. The van der Waals surface area contributed by atoms with Crippen LogP contribution in [0.1, 0.15) is 32.3 Å². The van der Waals surface area contributed by atoms with Crippen molar-refractivity contribution in [2.45, 2.75) is 38.3 Å². The van der Waals surface area contributed by atoms with Crippen LogP contribution in [0.5, 0.6) is 11.5 Å². The van der Waals surface area contributed by atoms with E-state index in [0.717, 1.165) is 0 Å². The van der Waals surface area contributed by atoms with Gasteiger partial charge in [-0.15, -0.1) is 0 Å². The first kappa shape index (κ1) is 18.8. The molecule has 7 nitrogen and oxygen atoms in total. The maximum Gasteiger partial charge on any atom is 0.332 e. The van der Waals surface area contributed by atoms with Crippen molar-refractivity contribution < 1.29 is 29.3 Å². The lowest BCUT2D eigenvalue weighted by Crippen LogP contribution is -2.54. The number of benzene rings is 1. The van der Waals surface area contributed by atoms with Gasteiger partial charge in [0.2, 0.25) is 6.04 Å². The van der Waals surface area contributed by atoms with E-state index in [9.17, 15) is 9.59 Å². The van der Waals surface area contributed by atoms with Crippen LogP contribution in [0.2, 0.25) is 0 Å². The van der Waals surface area contributed by atoms with Crippen LogP contribution in [0.15, 0.2) is 18.2 Å². The number of hydrogen-bond donors (Lipinski definition) is 3. The highest BCUT2D eigenvalue weighted by Crippen LogP contribution is 2.37. The molecule has 0 heterocycles. The summed E-state index contributed by atoms with van der Waals surface area (Å²) in [6.07, 6.45) is 0.979. The van der Waals surface area contributed by atoms with E-state index in [1.165, 1.54) is 14.2 Å². The second-order valence-electron chi connectivity index (χ2n) is 5.11. The van der Waals surface area contributed by atoms with E-state index < -0.39 is 23.5 Å². The molecule has 0 fully saturated rings. The summed E-state index contributed by atoms with van der Waals surface area (Å²) in [5.41, 5.74) is -0.155. The minimum Gasteiger partial charge on any atom is -0.497 e. The fourth-order valence-corrected chi connectivity index (χ4v) is 2.61. The molecule has 0 aliphatic carbocycles. The third-order valence-corrected chi connectivity index (χ3v) is 4.05. The molecule has 1 aromatic rings. The molecule has 0 saturated heterocycles. The first-order valence-electron chi connectivity index (χ1n) is 7.31. The molecule has 23 heavy (non-hydrogen) atoms. The highest BCUT2D eigenvalue weighted by molar-refractivity contribution is 5.97. The molecule has 1 aromatic carbocycles.